The van der Waals surface area contributed by atoms with Crippen LogP contribution in [0.3, 0.4) is 0 Å². The zero-order valence-electron chi connectivity index (χ0n) is 17.7. The van der Waals surface area contributed by atoms with Crippen molar-refractivity contribution in [3.63, 3.8) is 0 Å². The molecule has 0 saturated carbocycles. The molecule has 164 valence electrons. The summed E-state index contributed by atoms with van der Waals surface area (Å²) in [6.45, 7) is 0.541. The molecule has 0 unspecified atom stereocenters. The Morgan fingerprint density at radius 1 is 1.19 bits per heavy atom. The van der Waals surface area contributed by atoms with Gasteiger partial charge in [0.25, 0.3) is 0 Å². The van der Waals surface area contributed by atoms with Gasteiger partial charge < -0.3 is 20.5 Å². The summed E-state index contributed by atoms with van der Waals surface area (Å²) in [4.78, 5) is 22.0. The van der Waals surface area contributed by atoms with Gasteiger partial charge in [-0.25, -0.2) is 9.97 Å². The van der Waals surface area contributed by atoms with Gasteiger partial charge in [-0.05, 0) is 55.2 Å². The minimum absolute atomic E-state index is 0.0443. The van der Waals surface area contributed by atoms with Crippen molar-refractivity contribution in [1.29, 1.82) is 0 Å². The van der Waals surface area contributed by atoms with Crippen molar-refractivity contribution >= 4 is 28.4 Å². The third kappa shape index (κ3) is 3.60. The molecule has 9 nitrogen and oxygen atoms in total. The maximum atomic E-state index is 12.5. The van der Waals surface area contributed by atoms with E-state index >= 15 is 0 Å². The van der Waals surface area contributed by atoms with Crippen LogP contribution in [0.4, 0.5) is 5.95 Å². The molecule has 3 heterocycles. The zero-order chi connectivity index (χ0) is 22.1. The molecule has 0 spiro atoms. The highest BCUT2D eigenvalue weighted by Crippen LogP contribution is 2.28. The second kappa shape index (κ2) is 8.43. The monoisotopic (exact) mass is 432 g/mol. The van der Waals surface area contributed by atoms with E-state index in [0.717, 1.165) is 29.5 Å². The van der Waals surface area contributed by atoms with Crippen LogP contribution in [0.2, 0.25) is 0 Å². The van der Waals surface area contributed by atoms with Gasteiger partial charge in [-0.3, -0.25) is 4.79 Å². The van der Waals surface area contributed by atoms with Crippen molar-refractivity contribution in [1.82, 2.24) is 24.9 Å². The third-order valence-electron chi connectivity index (χ3n) is 5.74. The summed E-state index contributed by atoms with van der Waals surface area (Å²) in [7, 11) is 1.62. The maximum absolute atomic E-state index is 12.5. The van der Waals surface area contributed by atoms with Gasteiger partial charge in [0, 0.05) is 12.1 Å². The molecular weight excluding hydrogens is 408 g/mol. The molecule has 32 heavy (non-hydrogen) atoms. The average molecular weight is 432 g/mol. The van der Waals surface area contributed by atoms with Gasteiger partial charge in [-0.1, -0.05) is 12.1 Å². The third-order valence-corrected chi connectivity index (χ3v) is 5.74. The predicted octanol–water partition coefficient (Wildman–Crippen LogP) is 2.53. The van der Waals surface area contributed by atoms with Crippen LogP contribution in [-0.2, 0) is 11.4 Å². The van der Waals surface area contributed by atoms with E-state index in [1.165, 1.54) is 0 Å². The van der Waals surface area contributed by atoms with Gasteiger partial charge >= 0.3 is 0 Å². The van der Waals surface area contributed by atoms with E-state index < -0.39 is 6.04 Å². The number of carbonyl (C=O) groups is 1. The molecule has 1 aliphatic rings. The summed E-state index contributed by atoms with van der Waals surface area (Å²) < 4.78 is 6.87. The first-order valence-electron chi connectivity index (χ1n) is 10.7. The smallest absolute Gasteiger partial charge is 0.242 e. The fraction of sp³-hybridized carbons (Fsp3) is 0.304. The molecule has 3 N–H and O–H groups in total. The van der Waals surface area contributed by atoms with E-state index in [-0.39, 0.29) is 12.5 Å². The molecule has 9 heteroatoms. The molecule has 1 fully saturated rings. The molecule has 1 aliphatic heterocycles. The molecule has 1 saturated heterocycles. The van der Waals surface area contributed by atoms with E-state index in [1.54, 1.807) is 11.6 Å². The number of ether oxygens (including phenoxy) is 1. The first-order chi connectivity index (χ1) is 15.7. The summed E-state index contributed by atoms with van der Waals surface area (Å²) >= 11 is 0. The van der Waals surface area contributed by atoms with Crippen LogP contribution < -0.4 is 15.4 Å². The fourth-order valence-corrected chi connectivity index (χ4v) is 4.04. The van der Waals surface area contributed by atoms with E-state index in [1.807, 2.05) is 42.5 Å². The molecule has 1 amide bonds. The molecular formula is C23H24N6O3. The number of aromatic nitrogens is 4. The zero-order valence-corrected chi connectivity index (χ0v) is 17.7. The predicted molar refractivity (Wildman–Crippen MR) is 120 cm³/mol. The Morgan fingerprint density at radius 3 is 2.81 bits per heavy atom. The van der Waals surface area contributed by atoms with Crippen molar-refractivity contribution < 1.29 is 14.6 Å². The molecule has 1 atom stereocenters. The van der Waals surface area contributed by atoms with Gasteiger partial charge in [-0.15, -0.1) is 5.10 Å². The van der Waals surface area contributed by atoms with Gasteiger partial charge in [0.2, 0.25) is 11.9 Å². The fourth-order valence-electron chi connectivity index (χ4n) is 4.04. The highest BCUT2D eigenvalue weighted by molar-refractivity contribution is 5.96. The second-order valence-corrected chi connectivity index (χ2v) is 7.79. The van der Waals surface area contributed by atoms with Crippen LogP contribution in [0, 0.1) is 0 Å². The topological polar surface area (TPSA) is 114 Å². The number of aliphatic hydroxyl groups excluding tert-OH is 1. The average Bonchev–Trinajstić information content (AvgIpc) is 3.18. The van der Waals surface area contributed by atoms with Crippen molar-refractivity contribution in [3.8, 4) is 17.1 Å². The highest BCUT2D eigenvalue weighted by atomic mass is 16.5. The number of methoxy groups -OCH3 is 1. The van der Waals surface area contributed by atoms with Crippen molar-refractivity contribution in [3.05, 3.63) is 48.0 Å². The van der Waals surface area contributed by atoms with Crippen LogP contribution in [0.1, 0.15) is 24.8 Å². The lowest BCUT2D eigenvalue weighted by Crippen LogP contribution is -2.38. The summed E-state index contributed by atoms with van der Waals surface area (Å²) in [5.41, 5.74) is 2.78. The SMILES string of the molecule is COc1ccc(-c2nc3c4c(CO)cccc4nc(N[C@@H]4CCCCNC4=O)n3n2)cc1. The minimum Gasteiger partial charge on any atom is -0.497 e. The van der Waals surface area contributed by atoms with Crippen molar-refractivity contribution in [2.24, 2.45) is 0 Å². The Labute approximate surface area is 184 Å². The standard InChI is InChI=1S/C23H24N6O3/c1-32-16-10-8-14(9-11-16)20-27-21-19-15(13-30)5-4-7-17(19)25-23(29(21)28-20)26-18-6-2-3-12-24-22(18)31/h4-5,7-11,18,30H,2-3,6,12-13H2,1H3,(H,24,31)(H,25,26)/t18-/m1/s1. The summed E-state index contributed by atoms with van der Waals surface area (Å²) in [5.74, 6) is 1.66. The lowest BCUT2D eigenvalue weighted by atomic mass is 10.1. The number of hydrogen-bond acceptors (Lipinski definition) is 7. The van der Waals surface area contributed by atoms with Crippen LogP contribution >= 0.6 is 0 Å². The number of amides is 1. The number of rotatable bonds is 5. The van der Waals surface area contributed by atoms with Crippen LogP contribution in [-0.4, -0.2) is 50.3 Å². The molecule has 0 bridgehead atoms. The number of carbonyl (C=O) groups excluding carboxylic acids is 1. The Hall–Kier alpha value is -3.72. The minimum atomic E-state index is -0.402. The molecule has 0 radical (unpaired) electrons. The summed E-state index contributed by atoms with van der Waals surface area (Å²) in [6, 6.07) is 12.6. The molecule has 0 aliphatic carbocycles. The number of benzene rings is 2. The van der Waals surface area contributed by atoms with Gasteiger partial charge in [0.05, 0.1) is 24.6 Å². The lowest BCUT2D eigenvalue weighted by molar-refractivity contribution is -0.121. The van der Waals surface area contributed by atoms with Gasteiger partial charge in [-0.2, -0.15) is 4.52 Å². The van der Waals surface area contributed by atoms with E-state index in [2.05, 4.69) is 10.6 Å². The Bertz CT molecular complexity index is 1280. The number of aliphatic hydroxyl groups is 1. The van der Waals surface area contributed by atoms with Crippen LogP contribution in [0.25, 0.3) is 27.9 Å². The maximum Gasteiger partial charge on any atom is 0.242 e. The van der Waals surface area contributed by atoms with Crippen molar-refractivity contribution in [2.75, 3.05) is 19.0 Å². The van der Waals surface area contributed by atoms with E-state index in [4.69, 9.17) is 19.8 Å². The summed E-state index contributed by atoms with van der Waals surface area (Å²) in [5, 5.41) is 21.6. The number of nitrogens with one attached hydrogen (secondary N) is 2. The first-order valence-corrected chi connectivity index (χ1v) is 10.7. The number of anilines is 1. The Morgan fingerprint density at radius 2 is 2.03 bits per heavy atom. The number of fused-ring (bicyclic) bond motifs is 3. The van der Waals surface area contributed by atoms with Crippen molar-refractivity contribution in [2.45, 2.75) is 31.9 Å². The second-order valence-electron chi connectivity index (χ2n) is 7.79. The van der Waals surface area contributed by atoms with Gasteiger partial charge in [0.15, 0.2) is 11.5 Å². The molecule has 4 aromatic rings. The van der Waals surface area contributed by atoms with Crippen LogP contribution in [0.15, 0.2) is 42.5 Å². The Balaban J connectivity index is 1.68. The molecule has 2 aromatic heterocycles. The van der Waals surface area contributed by atoms with Gasteiger partial charge in [0.1, 0.15) is 11.8 Å². The van der Waals surface area contributed by atoms with E-state index in [9.17, 15) is 9.90 Å². The Kier molecular flexibility index (Phi) is 5.32. The normalized spacial score (nSPS) is 16.7. The highest BCUT2D eigenvalue weighted by Gasteiger charge is 2.24. The quantitative estimate of drug-likeness (QED) is 0.444. The number of hydrogen-bond donors (Lipinski definition) is 3. The largest absolute Gasteiger partial charge is 0.497 e. The van der Waals surface area contributed by atoms with Crippen LogP contribution in [0.5, 0.6) is 5.75 Å². The lowest BCUT2D eigenvalue weighted by Gasteiger charge is -2.17. The first kappa shape index (κ1) is 20.2. The summed E-state index contributed by atoms with van der Waals surface area (Å²) in [6.07, 6.45) is 2.61. The van der Waals surface area contributed by atoms with E-state index in [0.29, 0.717) is 41.5 Å². The molecule has 5 rings (SSSR count). The number of nitrogens with zero attached hydrogens (tertiary/aromatic N) is 4. The molecule has 2 aromatic carbocycles.